The van der Waals surface area contributed by atoms with Crippen molar-refractivity contribution in [2.24, 2.45) is 0 Å². The number of benzene rings is 1. The van der Waals surface area contributed by atoms with Crippen molar-refractivity contribution in [2.75, 3.05) is 18.5 Å². The Labute approximate surface area is 136 Å². The average molecular weight is 345 g/mol. The van der Waals surface area contributed by atoms with E-state index in [9.17, 15) is 22.8 Å². The van der Waals surface area contributed by atoms with Crippen molar-refractivity contribution in [1.29, 1.82) is 0 Å². The van der Waals surface area contributed by atoms with Gasteiger partial charge >= 0.3 is 12.2 Å². The van der Waals surface area contributed by atoms with Crippen LogP contribution in [0.1, 0.15) is 25.3 Å². The standard InChI is InChI=1S/C15H18F3N3O3/c1-2-24-12-6-5-9(15(16,17)18)8-11(12)21-14(23)20-10-4-3-7-19-13(10)22/h5-6,8,10H,2-4,7H2,1H3,(H,19,22)(H2,20,21,23)/t10-/m1/s1. The summed E-state index contributed by atoms with van der Waals surface area (Å²) in [6.07, 6.45) is -3.36. The van der Waals surface area contributed by atoms with Gasteiger partial charge in [0.15, 0.2) is 0 Å². The second-order valence-corrected chi connectivity index (χ2v) is 5.23. The van der Waals surface area contributed by atoms with Crippen molar-refractivity contribution in [1.82, 2.24) is 10.6 Å². The second-order valence-electron chi connectivity index (χ2n) is 5.23. The molecule has 132 valence electrons. The molecular formula is C15H18F3N3O3. The molecule has 0 radical (unpaired) electrons. The molecule has 24 heavy (non-hydrogen) atoms. The van der Waals surface area contributed by atoms with E-state index in [1.807, 2.05) is 0 Å². The van der Waals surface area contributed by atoms with Gasteiger partial charge in [-0.1, -0.05) is 0 Å². The summed E-state index contributed by atoms with van der Waals surface area (Å²) in [5.74, 6) is -0.195. The number of carbonyl (C=O) groups is 2. The summed E-state index contributed by atoms with van der Waals surface area (Å²) in [4.78, 5) is 23.6. The maximum Gasteiger partial charge on any atom is 0.416 e. The van der Waals surface area contributed by atoms with Gasteiger partial charge in [0.2, 0.25) is 5.91 Å². The van der Waals surface area contributed by atoms with E-state index in [2.05, 4.69) is 16.0 Å². The molecule has 1 aromatic rings. The zero-order valence-corrected chi connectivity index (χ0v) is 13.0. The number of carbonyl (C=O) groups excluding carboxylic acids is 2. The molecule has 9 heteroatoms. The Kier molecular flexibility index (Phi) is 5.53. The largest absolute Gasteiger partial charge is 0.492 e. The first-order chi connectivity index (χ1) is 11.3. The van der Waals surface area contributed by atoms with Crippen LogP contribution >= 0.6 is 0 Å². The monoisotopic (exact) mass is 345 g/mol. The molecule has 1 aliphatic heterocycles. The third kappa shape index (κ3) is 4.53. The normalized spacial score (nSPS) is 17.8. The minimum Gasteiger partial charge on any atom is -0.492 e. The number of piperidine rings is 1. The van der Waals surface area contributed by atoms with Gasteiger partial charge in [-0.25, -0.2) is 4.79 Å². The van der Waals surface area contributed by atoms with E-state index in [0.717, 1.165) is 18.2 Å². The Hall–Kier alpha value is -2.45. The summed E-state index contributed by atoms with van der Waals surface area (Å²) in [6, 6.07) is 1.35. The summed E-state index contributed by atoms with van der Waals surface area (Å²) in [6.45, 7) is 2.45. The smallest absolute Gasteiger partial charge is 0.416 e. The number of rotatable bonds is 4. The Balaban J connectivity index is 2.13. The molecule has 1 aliphatic rings. The first-order valence-electron chi connectivity index (χ1n) is 7.50. The number of hydrogen-bond donors (Lipinski definition) is 3. The van der Waals surface area contributed by atoms with E-state index in [-0.39, 0.29) is 24.0 Å². The van der Waals surface area contributed by atoms with Crippen molar-refractivity contribution in [3.63, 3.8) is 0 Å². The van der Waals surface area contributed by atoms with Gasteiger partial charge in [0.05, 0.1) is 17.9 Å². The van der Waals surface area contributed by atoms with E-state index in [1.165, 1.54) is 0 Å². The molecule has 3 N–H and O–H groups in total. The van der Waals surface area contributed by atoms with Gasteiger partial charge in [0, 0.05) is 6.54 Å². The fraction of sp³-hybridized carbons (Fsp3) is 0.467. The van der Waals surface area contributed by atoms with Crippen LogP contribution in [0.3, 0.4) is 0 Å². The minimum atomic E-state index is -4.54. The molecule has 3 amide bonds. The van der Waals surface area contributed by atoms with Crippen LogP contribution in [0.5, 0.6) is 5.75 Å². The van der Waals surface area contributed by atoms with E-state index in [4.69, 9.17) is 4.74 Å². The van der Waals surface area contributed by atoms with Crippen molar-refractivity contribution in [2.45, 2.75) is 32.0 Å². The lowest BCUT2D eigenvalue weighted by atomic mass is 10.1. The van der Waals surface area contributed by atoms with Gasteiger partial charge in [-0.3, -0.25) is 4.79 Å². The molecule has 1 heterocycles. The van der Waals surface area contributed by atoms with Crippen LogP contribution < -0.4 is 20.7 Å². The van der Waals surface area contributed by atoms with Gasteiger partial charge in [-0.2, -0.15) is 13.2 Å². The molecule has 1 atom stereocenters. The fourth-order valence-corrected chi connectivity index (χ4v) is 2.31. The maximum absolute atomic E-state index is 12.8. The zero-order chi connectivity index (χ0) is 17.7. The van der Waals surface area contributed by atoms with E-state index in [0.29, 0.717) is 19.4 Å². The molecule has 1 saturated heterocycles. The Bertz CT molecular complexity index is 620. The number of alkyl halides is 3. The summed E-state index contributed by atoms with van der Waals surface area (Å²) < 4.78 is 43.7. The lowest BCUT2D eigenvalue weighted by molar-refractivity contribution is -0.137. The highest BCUT2D eigenvalue weighted by atomic mass is 19.4. The number of nitrogens with one attached hydrogen (secondary N) is 3. The average Bonchev–Trinajstić information content (AvgIpc) is 2.50. The fourth-order valence-electron chi connectivity index (χ4n) is 2.31. The molecule has 0 saturated carbocycles. The topological polar surface area (TPSA) is 79.5 Å². The van der Waals surface area contributed by atoms with Gasteiger partial charge in [-0.05, 0) is 38.0 Å². The maximum atomic E-state index is 12.8. The van der Waals surface area contributed by atoms with E-state index >= 15 is 0 Å². The van der Waals surface area contributed by atoms with E-state index < -0.39 is 23.8 Å². The molecule has 2 rings (SSSR count). The number of urea groups is 1. The molecule has 0 bridgehead atoms. The molecule has 0 aliphatic carbocycles. The molecule has 0 spiro atoms. The highest BCUT2D eigenvalue weighted by Gasteiger charge is 2.31. The zero-order valence-electron chi connectivity index (χ0n) is 13.0. The second kappa shape index (κ2) is 7.41. The predicted octanol–water partition coefficient (Wildman–Crippen LogP) is 2.50. The highest BCUT2D eigenvalue weighted by Crippen LogP contribution is 2.35. The third-order valence-corrected chi connectivity index (χ3v) is 3.45. The van der Waals surface area contributed by atoms with Crippen molar-refractivity contribution in [3.05, 3.63) is 23.8 Å². The summed E-state index contributed by atoms with van der Waals surface area (Å²) in [5.41, 5.74) is -1.02. The van der Waals surface area contributed by atoms with Crippen molar-refractivity contribution in [3.8, 4) is 5.75 Å². The number of hydrogen-bond acceptors (Lipinski definition) is 3. The van der Waals surface area contributed by atoms with E-state index in [1.54, 1.807) is 6.92 Å². The Morgan fingerprint density at radius 3 is 2.79 bits per heavy atom. The molecule has 0 aromatic heterocycles. The summed E-state index contributed by atoms with van der Waals surface area (Å²) >= 11 is 0. The first-order valence-corrected chi connectivity index (χ1v) is 7.50. The van der Waals surface area contributed by atoms with Gasteiger partial charge in [0.25, 0.3) is 0 Å². The van der Waals surface area contributed by atoms with Crippen molar-refractivity contribution >= 4 is 17.6 Å². The number of ether oxygens (including phenoxy) is 1. The van der Waals surface area contributed by atoms with Crippen LogP contribution in [-0.4, -0.2) is 31.1 Å². The molecule has 1 aromatic carbocycles. The summed E-state index contributed by atoms with van der Waals surface area (Å²) in [5, 5.41) is 7.37. The molecular weight excluding hydrogens is 327 g/mol. The number of amides is 3. The minimum absolute atomic E-state index is 0.111. The van der Waals surface area contributed by atoms with Gasteiger partial charge < -0.3 is 20.7 Å². The predicted molar refractivity (Wildman–Crippen MR) is 80.8 cm³/mol. The molecule has 0 unspecified atom stereocenters. The Morgan fingerprint density at radius 1 is 1.42 bits per heavy atom. The summed E-state index contributed by atoms with van der Waals surface area (Å²) in [7, 11) is 0. The van der Waals surface area contributed by atoms with Crippen molar-refractivity contribution < 1.29 is 27.5 Å². The van der Waals surface area contributed by atoms with Crippen LogP contribution in [0.25, 0.3) is 0 Å². The van der Waals surface area contributed by atoms with Gasteiger partial charge in [-0.15, -0.1) is 0 Å². The molecule has 6 nitrogen and oxygen atoms in total. The molecule has 1 fully saturated rings. The SMILES string of the molecule is CCOc1ccc(C(F)(F)F)cc1NC(=O)N[C@@H]1CCCNC1=O. The lowest BCUT2D eigenvalue weighted by Gasteiger charge is -2.23. The van der Waals surface area contributed by atoms with Crippen LogP contribution in [0.15, 0.2) is 18.2 Å². The lowest BCUT2D eigenvalue weighted by Crippen LogP contribution is -2.51. The Morgan fingerprint density at radius 2 is 2.17 bits per heavy atom. The first kappa shape index (κ1) is 17.9. The van der Waals surface area contributed by atoms with Crippen LogP contribution in [0.4, 0.5) is 23.7 Å². The third-order valence-electron chi connectivity index (χ3n) is 3.45. The van der Waals surface area contributed by atoms with Crippen LogP contribution in [0, 0.1) is 0 Å². The van der Waals surface area contributed by atoms with Crippen LogP contribution in [0.2, 0.25) is 0 Å². The number of halogens is 3. The van der Waals surface area contributed by atoms with Gasteiger partial charge in [0.1, 0.15) is 11.8 Å². The quantitative estimate of drug-likeness (QED) is 0.784. The highest BCUT2D eigenvalue weighted by molar-refractivity contribution is 5.95. The number of anilines is 1. The van der Waals surface area contributed by atoms with Crippen LogP contribution in [-0.2, 0) is 11.0 Å².